The third-order valence-electron chi connectivity index (χ3n) is 3.19. The van der Waals surface area contributed by atoms with Crippen LogP contribution in [0.4, 0.5) is 10.1 Å². The van der Waals surface area contributed by atoms with Gasteiger partial charge in [0.2, 0.25) is 0 Å². The van der Waals surface area contributed by atoms with Crippen LogP contribution in [0.15, 0.2) is 42.5 Å². The van der Waals surface area contributed by atoms with E-state index in [1.165, 1.54) is 19.2 Å². The van der Waals surface area contributed by atoms with Crippen LogP contribution in [-0.4, -0.2) is 13.0 Å². The normalized spacial score (nSPS) is 11.8. The molecule has 1 atom stereocenters. The molecule has 0 bridgehead atoms. The zero-order valence-electron chi connectivity index (χ0n) is 11.9. The van der Waals surface area contributed by atoms with E-state index in [1.807, 2.05) is 6.92 Å². The molecule has 4 nitrogen and oxygen atoms in total. The number of hydrogen-bond donors (Lipinski definition) is 2. The molecule has 2 rings (SSSR count). The first-order valence-corrected chi connectivity index (χ1v) is 6.51. The number of halogens is 1. The second-order valence-electron chi connectivity index (χ2n) is 4.71. The molecule has 0 heterocycles. The fourth-order valence-electron chi connectivity index (χ4n) is 2.00. The van der Waals surface area contributed by atoms with Gasteiger partial charge in [-0.15, -0.1) is 0 Å². The van der Waals surface area contributed by atoms with Gasteiger partial charge in [-0.05, 0) is 36.8 Å². The molecule has 1 amide bonds. The van der Waals surface area contributed by atoms with E-state index >= 15 is 0 Å². The van der Waals surface area contributed by atoms with E-state index in [-0.39, 0.29) is 17.8 Å². The Kier molecular flexibility index (Phi) is 4.42. The molecule has 0 aliphatic rings. The Morgan fingerprint density at radius 1 is 1.24 bits per heavy atom. The van der Waals surface area contributed by atoms with Gasteiger partial charge in [-0.3, -0.25) is 4.79 Å². The summed E-state index contributed by atoms with van der Waals surface area (Å²) in [6.45, 7) is 1.83. The Hall–Kier alpha value is -2.56. The molecule has 0 radical (unpaired) electrons. The molecule has 2 aromatic carbocycles. The van der Waals surface area contributed by atoms with Gasteiger partial charge in [0.15, 0.2) is 0 Å². The molecule has 21 heavy (non-hydrogen) atoms. The fraction of sp³-hybridized carbons (Fsp3) is 0.188. The van der Waals surface area contributed by atoms with Crippen molar-refractivity contribution in [1.29, 1.82) is 0 Å². The van der Waals surface area contributed by atoms with E-state index in [0.717, 1.165) is 5.56 Å². The Balaban J connectivity index is 2.16. The summed E-state index contributed by atoms with van der Waals surface area (Å²) in [5, 5.41) is 2.84. The third kappa shape index (κ3) is 3.51. The molecule has 5 heteroatoms. The number of hydrogen-bond acceptors (Lipinski definition) is 3. The lowest BCUT2D eigenvalue weighted by atomic mass is 10.1. The lowest BCUT2D eigenvalue weighted by Gasteiger charge is -2.16. The Labute approximate surface area is 122 Å². The van der Waals surface area contributed by atoms with Crippen LogP contribution in [0.1, 0.15) is 28.9 Å². The van der Waals surface area contributed by atoms with Crippen LogP contribution in [-0.2, 0) is 0 Å². The number of benzene rings is 2. The van der Waals surface area contributed by atoms with E-state index < -0.39 is 0 Å². The fourth-order valence-corrected chi connectivity index (χ4v) is 2.00. The number of carbonyl (C=O) groups excluding carboxylic acids is 1. The second kappa shape index (κ2) is 6.26. The first-order chi connectivity index (χ1) is 10.0. The van der Waals surface area contributed by atoms with Gasteiger partial charge in [0.05, 0.1) is 18.7 Å². The zero-order chi connectivity index (χ0) is 15.4. The number of ether oxygens (including phenoxy) is 1. The highest BCUT2D eigenvalue weighted by Gasteiger charge is 2.15. The van der Waals surface area contributed by atoms with Gasteiger partial charge in [0.25, 0.3) is 5.91 Å². The molecule has 0 aliphatic carbocycles. The van der Waals surface area contributed by atoms with E-state index in [2.05, 4.69) is 5.32 Å². The number of methoxy groups -OCH3 is 1. The van der Waals surface area contributed by atoms with Crippen LogP contribution in [0.3, 0.4) is 0 Å². The van der Waals surface area contributed by atoms with Crippen molar-refractivity contribution < 1.29 is 13.9 Å². The van der Waals surface area contributed by atoms with E-state index in [4.69, 9.17) is 10.5 Å². The van der Waals surface area contributed by atoms with Crippen LogP contribution < -0.4 is 15.8 Å². The molecule has 0 aliphatic heterocycles. The highest BCUT2D eigenvalue weighted by atomic mass is 19.1. The average Bonchev–Trinajstić information content (AvgIpc) is 2.47. The minimum Gasteiger partial charge on any atom is -0.496 e. The largest absolute Gasteiger partial charge is 0.496 e. The predicted molar refractivity (Wildman–Crippen MR) is 79.7 cm³/mol. The maximum Gasteiger partial charge on any atom is 0.255 e. The summed E-state index contributed by atoms with van der Waals surface area (Å²) in [6, 6.07) is 10.6. The summed E-state index contributed by atoms with van der Waals surface area (Å²) in [7, 11) is 1.48. The predicted octanol–water partition coefficient (Wildman–Crippen LogP) is 2.91. The number of nitrogens with one attached hydrogen (secondary N) is 1. The van der Waals surface area contributed by atoms with Gasteiger partial charge in [-0.25, -0.2) is 4.39 Å². The van der Waals surface area contributed by atoms with Crippen LogP contribution >= 0.6 is 0 Å². The maximum atomic E-state index is 12.9. The summed E-state index contributed by atoms with van der Waals surface area (Å²) < 4.78 is 18.1. The Bertz CT molecular complexity index is 641. The van der Waals surface area contributed by atoms with Gasteiger partial charge in [-0.2, -0.15) is 0 Å². The number of rotatable bonds is 4. The number of nitrogens with two attached hydrogens (primary N) is 1. The maximum absolute atomic E-state index is 12.9. The topological polar surface area (TPSA) is 64.3 Å². The third-order valence-corrected chi connectivity index (χ3v) is 3.19. The number of carbonyl (C=O) groups is 1. The highest BCUT2D eigenvalue weighted by Crippen LogP contribution is 2.22. The number of anilines is 1. The molecule has 0 aromatic heterocycles. The van der Waals surface area contributed by atoms with Crippen LogP contribution in [0, 0.1) is 5.82 Å². The molecule has 110 valence electrons. The van der Waals surface area contributed by atoms with Crippen molar-refractivity contribution >= 4 is 11.6 Å². The molecule has 0 spiro atoms. The van der Waals surface area contributed by atoms with Gasteiger partial charge in [0.1, 0.15) is 11.6 Å². The van der Waals surface area contributed by atoms with E-state index in [9.17, 15) is 9.18 Å². The lowest BCUT2D eigenvalue weighted by Crippen LogP contribution is -2.27. The van der Waals surface area contributed by atoms with E-state index in [0.29, 0.717) is 17.0 Å². The smallest absolute Gasteiger partial charge is 0.255 e. The molecule has 3 N–H and O–H groups in total. The number of nitrogen functional groups attached to an aromatic ring is 1. The molecule has 0 fully saturated rings. The molecule has 2 aromatic rings. The summed E-state index contributed by atoms with van der Waals surface area (Å²) in [4.78, 5) is 12.3. The molecule has 0 unspecified atom stereocenters. The molecule has 0 saturated carbocycles. The quantitative estimate of drug-likeness (QED) is 0.850. The van der Waals surface area contributed by atoms with Crippen molar-refractivity contribution in [3.05, 3.63) is 59.4 Å². The minimum absolute atomic E-state index is 0.250. The SMILES string of the molecule is COc1cc(N)ccc1C(=O)N[C@@H](C)c1ccc(F)cc1. The Morgan fingerprint density at radius 2 is 1.90 bits per heavy atom. The first kappa shape index (κ1) is 14.8. The van der Waals surface area contributed by atoms with Crippen molar-refractivity contribution in [2.24, 2.45) is 0 Å². The van der Waals surface area contributed by atoms with E-state index in [1.54, 1.807) is 30.3 Å². The van der Waals surface area contributed by atoms with Crippen molar-refractivity contribution in [3.63, 3.8) is 0 Å². The van der Waals surface area contributed by atoms with Crippen molar-refractivity contribution in [3.8, 4) is 5.75 Å². The van der Waals surface area contributed by atoms with Gasteiger partial charge in [0, 0.05) is 11.8 Å². The van der Waals surface area contributed by atoms with Gasteiger partial charge >= 0.3 is 0 Å². The summed E-state index contributed by atoms with van der Waals surface area (Å²) >= 11 is 0. The van der Waals surface area contributed by atoms with Crippen molar-refractivity contribution in [1.82, 2.24) is 5.32 Å². The minimum atomic E-state index is -0.308. The summed E-state index contributed by atoms with van der Waals surface area (Å²) in [5.74, 6) is -0.167. The van der Waals surface area contributed by atoms with Crippen molar-refractivity contribution in [2.75, 3.05) is 12.8 Å². The van der Waals surface area contributed by atoms with Crippen molar-refractivity contribution in [2.45, 2.75) is 13.0 Å². The van der Waals surface area contributed by atoms with Gasteiger partial charge in [-0.1, -0.05) is 12.1 Å². The monoisotopic (exact) mass is 288 g/mol. The summed E-state index contributed by atoms with van der Waals surface area (Å²) in [6.07, 6.45) is 0. The van der Waals surface area contributed by atoms with Crippen LogP contribution in [0.5, 0.6) is 5.75 Å². The highest BCUT2D eigenvalue weighted by molar-refractivity contribution is 5.97. The van der Waals surface area contributed by atoms with Crippen LogP contribution in [0.25, 0.3) is 0 Å². The zero-order valence-corrected chi connectivity index (χ0v) is 11.9. The average molecular weight is 288 g/mol. The Morgan fingerprint density at radius 3 is 2.52 bits per heavy atom. The summed E-state index contributed by atoms with van der Waals surface area (Å²) in [5.41, 5.74) is 7.41. The standard InChI is InChI=1S/C16H17FN2O2/c1-10(11-3-5-12(17)6-4-11)19-16(20)14-8-7-13(18)9-15(14)21-2/h3-10H,18H2,1-2H3,(H,19,20)/t10-/m0/s1. The lowest BCUT2D eigenvalue weighted by molar-refractivity contribution is 0.0937. The van der Waals surface area contributed by atoms with Crippen LogP contribution in [0.2, 0.25) is 0 Å². The molecular weight excluding hydrogens is 271 g/mol. The first-order valence-electron chi connectivity index (χ1n) is 6.51. The molecule has 0 saturated heterocycles. The van der Waals surface area contributed by atoms with Gasteiger partial charge < -0.3 is 15.8 Å². The second-order valence-corrected chi connectivity index (χ2v) is 4.71. The number of amides is 1. The molecular formula is C16H17FN2O2.